The number of nitrogens with zero attached hydrogens (tertiary/aromatic N) is 2. The van der Waals surface area contributed by atoms with E-state index in [0.717, 1.165) is 5.52 Å². The molecule has 1 saturated heterocycles. The first-order valence-corrected chi connectivity index (χ1v) is 6.54. The lowest BCUT2D eigenvalue weighted by atomic mass is 9.96. The van der Waals surface area contributed by atoms with E-state index in [4.69, 9.17) is 4.98 Å². The molecule has 0 aliphatic carbocycles. The number of para-hydroxylation sites is 2. The van der Waals surface area contributed by atoms with Gasteiger partial charge in [0.1, 0.15) is 5.82 Å². The molecule has 1 N–H and O–H groups in total. The molecule has 3 heteroatoms. The van der Waals surface area contributed by atoms with E-state index in [1.807, 2.05) is 6.07 Å². The Kier molecular flexibility index (Phi) is 2.85. The molecular formula is C14H19N3. The van der Waals surface area contributed by atoms with E-state index < -0.39 is 0 Å². The number of imidazole rings is 1. The molecule has 0 spiro atoms. The molecule has 0 bridgehead atoms. The van der Waals surface area contributed by atoms with Crippen molar-refractivity contribution in [1.82, 2.24) is 14.9 Å². The van der Waals surface area contributed by atoms with Crippen molar-refractivity contribution in [2.24, 2.45) is 0 Å². The number of hydrogen-bond donors (Lipinski definition) is 1. The van der Waals surface area contributed by atoms with E-state index in [1.165, 1.54) is 43.8 Å². The van der Waals surface area contributed by atoms with E-state index in [-0.39, 0.29) is 0 Å². The average molecular weight is 229 g/mol. The van der Waals surface area contributed by atoms with Gasteiger partial charge in [-0.3, -0.25) is 0 Å². The fourth-order valence-corrected chi connectivity index (χ4v) is 2.69. The zero-order valence-corrected chi connectivity index (χ0v) is 10.3. The largest absolute Gasteiger partial charge is 0.342 e. The van der Waals surface area contributed by atoms with Gasteiger partial charge in [-0.1, -0.05) is 19.1 Å². The Hall–Kier alpha value is -1.35. The van der Waals surface area contributed by atoms with Crippen LogP contribution in [0.15, 0.2) is 24.3 Å². The Morgan fingerprint density at radius 2 is 2.06 bits per heavy atom. The van der Waals surface area contributed by atoms with Crippen molar-refractivity contribution in [2.45, 2.75) is 25.7 Å². The molecule has 2 heterocycles. The Labute approximate surface area is 102 Å². The number of fused-ring (bicyclic) bond motifs is 1. The molecule has 0 saturated carbocycles. The predicted molar refractivity (Wildman–Crippen MR) is 70.2 cm³/mol. The first kappa shape index (κ1) is 10.8. The van der Waals surface area contributed by atoms with Crippen LogP contribution >= 0.6 is 0 Å². The summed E-state index contributed by atoms with van der Waals surface area (Å²) in [6.45, 7) is 5.82. The summed E-state index contributed by atoms with van der Waals surface area (Å²) in [6, 6.07) is 8.29. The number of nitrogens with one attached hydrogen (secondary N) is 1. The van der Waals surface area contributed by atoms with Gasteiger partial charge in [0.25, 0.3) is 0 Å². The van der Waals surface area contributed by atoms with Gasteiger partial charge in [-0.2, -0.15) is 0 Å². The van der Waals surface area contributed by atoms with Crippen LogP contribution in [0.2, 0.25) is 0 Å². The summed E-state index contributed by atoms with van der Waals surface area (Å²) in [5.41, 5.74) is 2.26. The van der Waals surface area contributed by atoms with Crippen LogP contribution in [0.3, 0.4) is 0 Å². The van der Waals surface area contributed by atoms with Gasteiger partial charge in [0.15, 0.2) is 0 Å². The van der Waals surface area contributed by atoms with Crippen LogP contribution in [0.1, 0.15) is 31.5 Å². The summed E-state index contributed by atoms with van der Waals surface area (Å²) in [6.07, 6.45) is 2.46. The monoisotopic (exact) mass is 229 g/mol. The fourth-order valence-electron chi connectivity index (χ4n) is 2.69. The minimum Gasteiger partial charge on any atom is -0.342 e. The summed E-state index contributed by atoms with van der Waals surface area (Å²) in [7, 11) is 0. The van der Waals surface area contributed by atoms with Crippen molar-refractivity contribution in [3.05, 3.63) is 30.1 Å². The minimum atomic E-state index is 0.616. The lowest BCUT2D eigenvalue weighted by Crippen LogP contribution is -2.32. The van der Waals surface area contributed by atoms with Crippen LogP contribution in [-0.2, 0) is 0 Å². The maximum atomic E-state index is 4.71. The quantitative estimate of drug-likeness (QED) is 0.858. The van der Waals surface area contributed by atoms with Crippen LogP contribution in [0, 0.1) is 0 Å². The molecule has 0 unspecified atom stereocenters. The third kappa shape index (κ3) is 2.07. The van der Waals surface area contributed by atoms with E-state index in [9.17, 15) is 0 Å². The number of likely N-dealkylation sites (tertiary alicyclic amines) is 1. The van der Waals surface area contributed by atoms with Crippen molar-refractivity contribution >= 4 is 11.0 Å². The van der Waals surface area contributed by atoms with Gasteiger partial charge in [0.2, 0.25) is 0 Å². The van der Waals surface area contributed by atoms with E-state index in [1.54, 1.807) is 0 Å². The summed E-state index contributed by atoms with van der Waals surface area (Å²) >= 11 is 0. The Morgan fingerprint density at radius 1 is 1.29 bits per heavy atom. The normalized spacial score (nSPS) is 18.9. The molecule has 2 aromatic rings. The van der Waals surface area contributed by atoms with Crippen molar-refractivity contribution in [3.63, 3.8) is 0 Å². The van der Waals surface area contributed by atoms with Crippen LogP contribution in [0.4, 0.5) is 0 Å². The third-order valence-corrected chi connectivity index (χ3v) is 3.83. The number of hydrogen-bond acceptors (Lipinski definition) is 2. The zero-order chi connectivity index (χ0) is 11.7. The molecule has 17 heavy (non-hydrogen) atoms. The molecule has 1 aliphatic rings. The highest BCUT2D eigenvalue weighted by atomic mass is 15.1. The molecular weight excluding hydrogens is 210 g/mol. The number of piperidine rings is 1. The van der Waals surface area contributed by atoms with Crippen molar-refractivity contribution < 1.29 is 0 Å². The first-order valence-electron chi connectivity index (χ1n) is 6.54. The Bertz CT molecular complexity index is 462. The number of rotatable bonds is 2. The third-order valence-electron chi connectivity index (χ3n) is 3.83. The highest BCUT2D eigenvalue weighted by molar-refractivity contribution is 5.74. The number of benzene rings is 1. The van der Waals surface area contributed by atoms with Crippen LogP contribution in [0.25, 0.3) is 11.0 Å². The zero-order valence-electron chi connectivity index (χ0n) is 10.3. The Balaban J connectivity index is 1.80. The molecule has 1 aromatic heterocycles. The molecule has 0 amide bonds. The maximum Gasteiger partial charge on any atom is 0.110 e. The second-order valence-corrected chi connectivity index (χ2v) is 4.85. The van der Waals surface area contributed by atoms with Crippen LogP contribution < -0.4 is 0 Å². The molecule has 1 aromatic carbocycles. The Morgan fingerprint density at radius 3 is 2.76 bits per heavy atom. The number of aromatic amines is 1. The van der Waals surface area contributed by atoms with Gasteiger partial charge in [0.05, 0.1) is 11.0 Å². The molecule has 1 fully saturated rings. The highest BCUT2D eigenvalue weighted by Crippen LogP contribution is 2.27. The van der Waals surface area contributed by atoms with Gasteiger partial charge < -0.3 is 9.88 Å². The van der Waals surface area contributed by atoms with E-state index in [2.05, 4.69) is 35.0 Å². The highest BCUT2D eigenvalue weighted by Gasteiger charge is 2.21. The summed E-state index contributed by atoms with van der Waals surface area (Å²) in [5, 5.41) is 0. The molecule has 90 valence electrons. The predicted octanol–water partition coefficient (Wildman–Crippen LogP) is 2.76. The summed E-state index contributed by atoms with van der Waals surface area (Å²) < 4.78 is 0. The standard InChI is InChI=1S/C14H19N3/c1-2-17-9-7-11(8-10-17)14-15-12-5-3-4-6-13(12)16-14/h3-6,11H,2,7-10H2,1H3,(H,15,16). The maximum absolute atomic E-state index is 4.71. The van der Waals surface area contributed by atoms with Crippen molar-refractivity contribution in [2.75, 3.05) is 19.6 Å². The van der Waals surface area contributed by atoms with E-state index >= 15 is 0 Å². The lowest BCUT2D eigenvalue weighted by molar-refractivity contribution is 0.219. The second kappa shape index (κ2) is 4.49. The van der Waals surface area contributed by atoms with Gasteiger partial charge in [-0.05, 0) is 44.6 Å². The molecule has 0 radical (unpaired) electrons. The molecule has 0 atom stereocenters. The van der Waals surface area contributed by atoms with Gasteiger partial charge in [-0.15, -0.1) is 0 Å². The van der Waals surface area contributed by atoms with Gasteiger partial charge in [0, 0.05) is 5.92 Å². The smallest absolute Gasteiger partial charge is 0.110 e. The molecule has 1 aliphatic heterocycles. The average Bonchev–Trinajstić information content (AvgIpc) is 2.82. The molecule has 3 rings (SSSR count). The first-order chi connectivity index (χ1) is 8.36. The van der Waals surface area contributed by atoms with Gasteiger partial charge >= 0.3 is 0 Å². The number of H-pyrrole nitrogens is 1. The second-order valence-electron chi connectivity index (χ2n) is 4.85. The van der Waals surface area contributed by atoms with Crippen molar-refractivity contribution in [3.8, 4) is 0 Å². The topological polar surface area (TPSA) is 31.9 Å². The lowest BCUT2D eigenvalue weighted by Gasteiger charge is -2.29. The fraction of sp³-hybridized carbons (Fsp3) is 0.500. The van der Waals surface area contributed by atoms with E-state index in [0.29, 0.717) is 5.92 Å². The van der Waals surface area contributed by atoms with Crippen LogP contribution in [-0.4, -0.2) is 34.5 Å². The minimum absolute atomic E-state index is 0.616. The molecule has 3 nitrogen and oxygen atoms in total. The SMILES string of the molecule is CCN1CCC(c2nc3ccccc3[nH]2)CC1. The van der Waals surface area contributed by atoms with Crippen molar-refractivity contribution in [1.29, 1.82) is 0 Å². The van der Waals surface area contributed by atoms with Gasteiger partial charge in [-0.25, -0.2) is 4.98 Å². The van der Waals surface area contributed by atoms with Crippen LogP contribution in [0.5, 0.6) is 0 Å². The number of aromatic nitrogens is 2. The summed E-state index contributed by atoms with van der Waals surface area (Å²) in [5.74, 6) is 1.80. The summed E-state index contributed by atoms with van der Waals surface area (Å²) in [4.78, 5) is 10.7.